The van der Waals surface area contributed by atoms with Crippen LogP contribution >= 0.6 is 0 Å². The molecular formula is C12H15N3O2. The zero-order valence-electron chi connectivity index (χ0n) is 10.0. The monoisotopic (exact) mass is 233 g/mol. The Morgan fingerprint density at radius 1 is 1.18 bits per heavy atom. The first kappa shape index (κ1) is 11.4. The van der Waals surface area contributed by atoms with Crippen molar-refractivity contribution in [3.63, 3.8) is 0 Å². The largest absolute Gasteiger partial charge is 0.326 e. The van der Waals surface area contributed by atoms with Crippen molar-refractivity contribution >= 4 is 22.6 Å². The molecule has 2 rings (SSSR count). The molecule has 0 aliphatic heterocycles. The van der Waals surface area contributed by atoms with Crippen LogP contribution in [0.4, 0.5) is 5.69 Å². The smallest absolute Gasteiger partial charge is 0.323 e. The number of carbonyl (C=O) groups is 1. The summed E-state index contributed by atoms with van der Waals surface area (Å²) >= 11 is 0. The zero-order valence-corrected chi connectivity index (χ0v) is 10.0. The Morgan fingerprint density at radius 3 is 2.47 bits per heavy atom. The van der Waals surface area contributed by atoms with Gasteiger partial charge in [-0.25, -0.2) is 4.79 Å². The maximum atomic E-state index is 11.8. The van der Waals surface area contributed by atoms with Gasteiger partial charge in [0.2, 0.25) is 5.91 Å². The van der Waals surface area contributed by atoms with Crippen LogP contribution in [0.3, 0.4) is 0 Å². The summed E-state index contributed by atoms with van der Waals surface area (Å²) in [7, 11) is 0. The lowest BCUT2D eigenvalue weighted by atomic mass is 9.95. The molecule has 0 bridgehead atoms. The van der Waals surface area contributed by atoms with Gasteiger partial charge in [-0.1, -0.05) is 20.8 Å². The highest BCUT2D eigenvalue weighted by Gasteiger charge is 2.21. The van der Waals surface area contributed by atoms with Gasteiger partial charge < -0.3 is 15.3 Å². The highest BCUT2D eigenvalue weighted by molar-refractivity contribution is 5.96. The number of benzene rings is 1. The van der Waals surface area contributed by atoms with E-state index in [-0.39, 0.29) is 11.6 Å². The lowest BCUT2D eigenvalue weighted by Crippen LogP contribution is -2.27. The Balaban J connectivity index is 2.31. The van der Waals surface area contributed by atoms with Crippen molar-refractivity contribution in [1.82, 2.24) is 9.97 Å². The molecule has 5 nitrogen and oxygen atoms in total. The van der Waals surface area contributed by atoms with E-state index in [1.807, 2.05) is 20.8 Å². The first-order valence-corrected chi connectivity index (χ1v) is 5.40. The summed E-state index contributed by atoms with van der Waals surface area (Å²) in [4.78, 5) is 28.2. The van der Waals surface area contributed by atoms with Gasteiger partial charge in [-0.05, 0) is 18.2 Å². The minimum Gasteiger partial charge on any atom is -0.326 e. The second-order valence-electron chi connectivity index (χ2n) is 5.04. The maximum absolute atomic E-state index is 11.8. The average molecular weight is 233 g/mol. The molecule has 0 aliphatic carbocycles. The van der Waals surface area contributed by atoms with E-state index in [9.17, 15) is 9.59 Å². The molecule has 0 radical (unpaired) electrons. The Bertz CT molecular complexity index is 616. The number of aromatic amines is 2. The molecule has 1 aromatic carbocycles. The number of nitrogens with one attached hydrogen (secondary N) is 3. The summed E-state index contributed by atoms with van der Waals surface area (Å²) < 4.78 is 0. The minimum absolute atomic E-state index is 0.0604. The number of carbonyl (C=O) groups excluding carboxylic acids is 1. The lowest BCUT2D eigenvalue weighted by Gasteiger charge is -2.17. The number of amides is 1. The van der Waals surface area contributed by atoms with Crippen LogP contribution in [0.2, 0.25) is 0 Å². The van der Waals surface area contributed by atoms with Crippen molar-refractivity contribution in [2.75, 3.05) is 5.32 Å². The molecule has 5 heteroatoms. The van der Waals surface area contributed by atoms with Gasteiger partial charge in [0.15, 0.2) is 0 Å². The quantitative estimate of drug-likeness (QED) is 0.702. The molecule has 0 spiro atoms. The third-order valence-electron chi connectivity index (χ3n) is 2.46. The minimum atomic E-state index is -0.444. The molecule has 1 aromatic heterocycles. The number of imidazole rings is 1. The van der Waals surface area contributed by atoms with Crippen molar-refractivity contribution in [1.29, 1.82) is 0 Å². The number of aromatic nitrogens is 2. The number of rotatable bonds is 1. The third-order valence-corrected chi connectivity index (χ3v) is 2.46. The van der Waals surface area contributed by atoms with Crippen LogP contribution in [-0.2, 0) is 4.79 Å². The molecule has 3 N–H and O–H groups in total. The Morgan fingerprint density at radius 2 is 1.82 bits per heavy atom. The number of anilines is 1. The molecule has 0 fully saturated rings. The van der Waals surface area contributed by atoms with Crippen molar-refractivity contribution in [3.8, 4) is 0 Å². The molecule has 1 heterocycles. The van der Waals surface area contributed by atoms with Crippen molar-refractivity contribution in [2.24, 2.45) is 5.41 Å². The summed E-state index contributed by atoms with van der Waals surface area (Å²) in [6.07, 6.45) is 0. The summed E-state index contributed by atoms with van der Waals surface area (Å²) in [6, 6.07) is 5.25. The van der Waals surface area contributed by atoms with Gasteiger partial charge in [-0.2, -0.15) is 0 Å². The van der Waals surface area contributed by atoms with E-state index >= 15 is 0 Å². The van der Waals surface area contributed by atoms with Gasteiger partial charge in [-0.3, -0.25) is 4.79 Å². The van der Waals surface area contributed by atoms with Crippen LogP contribution in [0.15, 0.2) is 23.0 Å². The van der Waals surface area contributed by atoms with Crippen LogP contribution in [0.5, 0.6) is 0 Å². The van der Waals surface area contributed by atoms with Crippen LogP contribution in [-0.4, -0.2) is 15.9 Å². The second kappa shape index (κ2) is 3.76. The maximum Gasteiger partial charge on any atom is 0.323 e. The van der Waals surface area contributed by atoms with E-state index in [2.05, 4.69) is 15.3 Å². The molecule has 0 saturated heterocycles. The molecule has 2 aromatic rings. The van der Waals surface area contributed by atoms with Crippen molar-refractivity contribution in [3.05, 3.63) is 28.7 Å². The molecule has 90 valence electrons. The van der Waals surface area contributed by atoms with Crippen molar-refractivity contribution in [2.45, 2.75) is 20.8 Å². The third kappa shape index (κ3) is 2.38. The Kier molecular flexibility index (Phi) is 2.53. The first-order chi connectivity index (χ1) is 7.86. The molecule has 0 atom stereocenters. The van der Waals surface area contributed by atoms with Gasteiger partial charge in [0.1, 0.15) is 0 Å². The second-order valence-corrected chi connectivity index (χ2v) is 5.04. The molecule has 0 unspecified atom stereocenters. The molecule has 17 heavy (non-hydrogen) atoms. The fourth-order valence-electron chi connectivity index (χ4n) is 1.43. The predicted octanol–water partition coefficient (Wildman–Crippen LogP) is 1.84. The highest BCUT2D eigenvalue weighted by Crippen LogP contribution is 2.19. The first-order valence-electron chi connectivity index (χ1n) is 5.40. The topological polar surface area (TPSA) is 77.8 Å². The number of fused-ring (bicyclic) bond motifs is 1. The van der Waals surface area contributed by atoms with E-state index in [0.29, 0.717) is 11.2 Å². The van der Waals surface area contributed by atoms with Gasteiger partial charge in [-0.15, -0.1) is 0 Å². The van der Waals surface area contributed by atoms with Gasteiger partial charge in [0.05, 0.1) is 11.0 Å². The molecular weight excluding hydrogens is 218 g/mol. The molecule has 1 amide bonds. The normalized spacial score (nSPS) is 11.7. The summed E-state index contributed by atoms with van der Waals surface area (Å²) in [5.74, 6) is -0.0604. The summed E-state index contributed by atoms with van der Waals surface area (Å²) in [5.41, 5.74) is 1.39. The van der Waals surface area contributed by atoms with Crippen LogP contribution in [0.25, 0.3) is 11.0 Å². The number of hydrogen-bond donors (Lipinski definition) is 3. The van der Waals surface area contributed by atoms with Gasteiger partial charge in [0.25, 0.3) is 0 Å². The fourth-order valence-corrected chi connectivity index (χ4v) is 1.43. The van der Waals surface area contributed by atoms with Gasteiger partial charge in [0, 0.05) is 11.1 Å². The van der Waals surface area contributed by atoms with E-state index in [1.165, 1.54) is 0 Å². The molecule has 0 aliphatic rings. The van der Waals surface area contributed by atoms with Crippen LogP contribution < -0.4 is 11.0 Å². The average Bonchev–Trinajstić information content (AvgIpc) is 2.55. The lowest BCUT2D eigenvalue weighted by molar-refractivity contribution is -0.123. The summed E-state index contributed by atoms with van der Waals surface area (Å²) in [5, 5.41) is 2.81. The Hall–Kier alpha value is -2.04. The number of H-pyrrole nitrogens is 2. The van der Waals surface area contributed by atoms with E-state index in [0.717, 1.165) is 5.52 Å². The highest BCUT2D eigenvalue weighted by atomic mass is 16.2. The Labute approximate surface area is 98.2 Å². The van der Waals surface area contributed by atoms with Crippen LogP contribution in [0.1, 0.15) is 20.8 Å². The van der Waals surface area contributed by atoms with E-state index in [1.54, 1.807) is 18.2 Å². The zero-order chi connectivity index (χ0) is 12.6. The summed E-state index contributed by atoms with van der Waals surface area (Å²) in [6.45, 7) is 5.54. The SMILES string of the molecule is CC(C)(C)C(=O)Nc1ccc2[nH]c(=O)[nH]c2c1. The van der Waals surface area contributed by atoms with Crippen molar-refractivity contribution < 1.29 is 4.79 Å². The fraction of sp³-hybridized carbons (Fsp3) is 0.333. The van der Waals surface area contributed by atoms with E-state index < -0.39 is 5.41 Å². The van der Waals surface area contributed by atoms with Crippen LogP contribution in [0, 0.1) is 5.41 Å². The number of hydrogen-bond acceptors (Lipinski definition) is 2. The van der Waals surface area contributed by atoms with Gasteiger partial charge >= 0.3 is 5.69 Å². The van der Waals surface area contributed by atoms with E-state index in [4.69, 9.17) is 0 Å². The standard InChI is InChI=1S/C12H15N3O2/c1-12(2,3)10(16)13-7-4-5-8-9(6-7)15-11(17)14-8/h4-6H,1-3H3,(H,13,16)(H2,14,15,17). The molecule has 0 saturated carbocycles. The predicted molar refractivity (Wildman–Crippen MR) is 67.0 cm³/mol.